The molecule has 1 aliphatic carbocycles. The molecular weight excluding hydrogens is 332 g/mol. The molecule has 0 radical (unpaired) electrons. The monoisotopic (exact) mass is 346 g/mol. The quantitative estimate of drug-likeness (QED) is 0.882. The summed E-state index contributed by atoms with van der Waals surface area (Å²) in [6.45, 7) is 3.94. The van der Waals surface area contributed by atoms with Gasteiger partial charge in [-0.3, -0.25) is 9.59 Å². The van der Waals surface area contributed by atoms with Gasteiger partial charge in [0.25, 0.3) is 11.8 Å². The molecule has 1 atom stereocenters. The minimum Gasteiger partial charge on any atom is -0.325 e. The summed E-state index contributed by atoms with van der Waals surface area (Å²) in [5, 5.41) is 2.90. The van der Waals surface area contributed by atoms with Crippen LogP contribution in [0.4, 0.5) is 0 Å². The van der Waals surface area contributed by atoms with Crippen molar-refractivity contribution in [2.24, 2.45) is 10.9 Å². The molecule has 2 amide bonds. The van der Waals surface area contributed by atoms with Gasteiger partial charge in [-0.25, -0.2) is 4.99 Å². The van der Waals surface area contributed by atoms with Crippen LogP contribution < -0.4 is 5.32 Å². The van der Waals surface area contributed by atoms with E-state index in [9.17, 15) is 9.59 Å². The van der Waals surface area contributed by atoms with Crippen LogP contribution in [0.3, 0.4) is 0 Å². The molecule has 2 aliphatic rings. The molecule has 0 aromatic carbocycles. The van der Waals surface area contributed by atoms with Gasteiger partial charge in [-0.05, 0) is 37.6 Å². The number of nitrogens with one attached hydrogen (secondary N) is 1. The van der Waals surface area contributed by atoms with Gasteiger partial charge < -0.3 is 5.32 Å². The van der Waals surface area contributed by atoms with Crippen LogP contribution in [-0.2, 0) is 4.79 Å². The van der Waals surface area contributed by atoms with Crippen LogP contribution in [0.25, 0.3) is 0 Å². The zero-order valence-corrected chi connectivity index (χ0v) is 14.3. The molecule has 6 heteroatoms. The fraction of sp³-hybridized carbons (Fsp3) is 0.235. The molecule has 0 saturated carbocycles. The second-order valence-electron chi connectivity index (χ2n) is 5.35. The molecule has 1 unspecified atom stereocenters. The molecule has 1 aromatic rings. The van der Waals surface area contributed by atoms with E-state index >= 15 is 0 Å². The van der Waals surface area contributed by atoms with Gasteiger partial charge in [-0.15, -0.1) is 11.3 Å². The van der Waals surface area contributed by atoms with E-state index in [1.54, 1.807) is 18.2 Å². The van der Waals surface area contributed by atoms with Crippen molar-refractivity contribution < 1.29 is 9.59 Å². The molecule has 0 spiro atoms. The summed E-state index contributed by atoms with van der Waals surface area (Å²) in [6, 6.07) is 3.33. The van der Waals surface area contributed by atoms with Gasteiger partial charge in [-0.1, -0.05) is 30.2 Å². The minimum atomic E-state index is -0.333. The second kappa shape index (κ2) is 6.26. The number of nitrogens with zero attached hydrogens (tertiary/aromatic N) is 1. The Morgan fingerprint density at radius 1 is 1.43 bits per heavy atom. The predicted octanol–water partition coefficient (Wildman–Crippen LogP) is 3.91. The van der Waals surface area contributed by atoms with Crippen molar-refractivity contribution in [3.8, 4) is 0 Å². The number of thiophene rings is 1. The van der Waals surface area contributed by atoms with Crippen molar-refractivity contribution in [3.05, 3.63) is 56.4 Å². The van der Waals surface area contributed by atoms with Crippen molar-refractivity contribution >= 4 is 40.5 Å². The van der Waals surface area contributed by atoms with Crippen LogP contribution in [0.1, 0.15) is 29.9 Å². The van der Waals surface area contributed by atoms with Gasteiger partial charge in [0.05, 0.1) is 14.9 Å². The van der Waals surface area contributed by atoms with Crippen molar-refractivity contribution in [1.29, 1.82) is 0 Å². The van der Waals surface area contributed by atoms with Crippen LogP contribution in [-0.4, -0.2) is 17.5 Å². The Balaban J connectivity index is 1.89. The number of aliphatic imine (C=N–C) groups is 1. The summed E-state index contributed by atoms with van der Waals surface area (Å²) in [4.78, 5) is 28.8. The van der Waals surface area contributed by atoms with E-state index in [4.69, 9.17) is 11.6 Å². The molecule has 4 nitrogen and oxygen atoms in total. The van der Waals surface area contributed by atoms with Gasteiger partial charge in [0.1, 0.15) is 0 Å². The summed E-state index contributed by atoms with van der Waals surface area (Å²) in [5.74, 6) is -0.355. The number of fused-ring (bicyclic) bond motifs is 1. The summed E-state index contributed by atoms with van der Waals surface area (Å²) >= 11 is 7.04. The maximum atomic E-state index is 12.1. The highest BCUT2D eigenvalue weighted by molar-refractivity contribution is 7.18. The number of rotatable bonds is 2. The average molecular weight is 347 g/mol. The van der Waals surface area contributed by atoms with Crippen molar-refractivity contribution in [3.63, 3.8) is 0 Å². The number of amides is 2. The Kier molecular flexibility index (Phi) is 4.33. The first-order chi connectivity index (χ1) is 11.0. The highest BCUT2D eigenvalue weighted by Gasteiger charge is 2.28. The maximum absolute atomic E-state index is 12.1. The number of carbonyl (C=O) groups is 2. The molecule has 3 rings (SSSR count). The number of hydrogen-bond donors (Lipinski definition) is 1. The Bertz CT molecular complexity index is 814. The molecule has 23 heavy (non-hydrogen) atoms. The highest BCUT2D eigenvalue weighted by atomic mass is 35.5. The van der Waals surface area contributed by atoms with Crippen LogP contribution in [0, 0.1) is 5.92 Å². The Morgan fingerprint density at radius 3 is 2.87 bits per heavy atom. The number of carbonyl (C=O) groups excluding carboxylic acids is 2. The third kappa shape index (κ3) is 3.07. The number of allylic oxidation sites excluding steroid dienone is 3. The SMILES string of the molecule is CCC1=C(C)C2C=CC(=NC(=O)c3ccc(Cl)s3)C=C2NC1=O. The fourth-order valence-electron chi connectivity index (χ4n) is 2.77. The zero-order chi connectivity index (χ0) is 16.6. The van der Waals surface area contributed by atoms with Crippen molar-refractivity contribution in [2.75, 3.05) is 0 Å². The molecule has 118 valence electrons. The van der Waals surface area contributed by atoms with E-state index in [0.29, 0.717) is 21.3 Å². The van der Waals surface area contributed by atoms with Crippen LogP contribution in [0.2, 0.25) is 4.34 Å². The standard InChI is InChI=1S/C17H15ClN2O2S/c1-3-11-9(2)12-5-4-10(8-13(12)20-16(11)21)19-17(22)14-6-7-15(18)23-14/h4-8,12H,3H2,1-2H3,(H,20,21). The molecule has 0 bridgehead atoms. The molecular formula is C17H15ClN2O2S. The smallest absolute Gasteiger partial charge is 0.287 e. The third-order valence-electron chi connectivity index (χ3n) is 3.94. The number of halogens is 1. The molecule has 1 aromatic heterocycles. The molecule has 0 saturated heterocycles. The lowest BCUT2D eigenvalue weighted by Crippen LogP contribution is -2.36. The molecule has 1 N–H and O–H groups in total. The lowest BCUT2D eigenvalue weighted by atomic mass is 9.84. The average Bonchev–Trinajstić information content (AvgIpc) is 2.94. The van der Waals surface area contributed by atoms with Gasteiger partial charge in [0, 0.05) is 17.2 Å². The Hall–Kier alpha value is -1.98. The van der Waals surface area contributed by atoms with E-state index < -0.39 is 0 Å². The van der Waals surface area contributed by atoms with Crippen LogP contribution in [0.15, 0.2) is 52.2 Å². The zero-order valence-electron chi connectivity index (χ0n) is 12.7. The lowest BCUT2D eigenvalue weighted by molar-refractivity contribution is -0.117. The summed E-state index contributed by atoms with van der Waals surface area (Å²) in [7, 11) is 0. The Morgan fingerprint density at radius 2 is 2.22 bits per heavy atom. The minimum absolute atomic E-state index is 0.0490. The van der Waals surface area contributed by atoms with E-state index in [1.165, 1.54) is 11.3 Å². The highest BCUT2D eigenvalue weighted by Crippen LogP contribution is 2.31. The second-order valence-corrected chi connectivity index (χ2v) is 7.07. The first-order valence-electron chi connectivity index (χ1n) is 7.28. The van der Waals surface area contributed by atoms with Gasteiger partial charge in [0.2, 0.25) is 0 Å². The maximum Gasteiger partial charge on any atom is 0.287 e. The van der Waals surface area contributed by atoms with E-state index in [1.807, 2.05) is 26.0 Å². The lowest BCUT2D eigenvalue weighted by Gasteiger charge is -2.29. The normalized spacial score (nSPS) is 22.0. The van der Waals surface area contributed by atoms with Gasteiger partial charge >= 0.3 is 0 Å². The van der Waals surface area contributed by atoms with Gasteiger partial charge in [-0.2, -0.15) is 0 Å². The fourth-order valence-corrected chi connectivity index (χ4v) is 3.70. The van der Waals surface area contributed by atoms with E-state index in [2.05, 4.69) is 10.3 Å². The van der Waals surface area contributed by atoms with E-state index in [-0.39, 0.29) is 17.7 Å². The summed E-state index contributed by atoms with van der Waals surface area (Å²) in [6.07, 6.45) is 6.24. The van der Waals surface area contributed by atoms with Crippen molar-refractivity contribution in [1.82, 2.24) is 5.32 Å². The predicted molar refractivity (Wildman–Crippen MR) is 92.9 cm³/mol. The van der Waals surface area contributed by atoms with Crippen molar-refractivity contribution in [2.45, 2.75) is 20.3 Å². The van der Waals surface area contributed by atoms with E-state index in [0.717, 1.165) is 16.8 Å². The topological polar surface area (TPSA) is 58.5 Å². The summed E-state index contributed by atoms with van der Waals surface area (Å²) in [5.41, 5.74) is 3.16. The molecule has 1 aliphatic heterocycles. The van der Waals surface area contributed by atoms with Crippen LogP contribution >= 0.6 is 22.9 Å². The first-order valence-corrected chi connectivity index (χ1v) is 8.48. The molecule has 0 fully saturated rings. The first kappa shape index (κ1) is 15.9. The third-order valence-corrected chi connectivity index (χ3v) is 5.16. The Labute approximate surface area is 143 Å². The van der Waals surface area contributed by atoms with Gasteiger partial charge in [0.15, 0.2) is 0 Å². The molecule has 2 heterocycles. The van der Waals surface area contributed by atoms with Crippen LogP contribution in [0.5, 0.6) is 0 Å². The number of hydrogen-bond acceptors (Lipinski definition) is 3. The largest absolute Gasteiger partial charge is 0.325 e. The summed E-state index contributed by atoms with van der Waals surface area (Å²) < 4.78 is 0.554.